The molecule has 506 valence electrons. The highest BCUT2D eigenvalue weighted by Crippen LogP contribution is 2.45. The summed E-state index contributed by atoms with van der Waals surface area (Å²) in [5.41, 5.74) is 0. The Morgan fingerprint density at radius 2 is 0.628 bits per heavy atom. The topological polar surface area (TPSA) is 237 Å². The van der Waals surface area contributed by atoms with Gasteiger partial charge in [0, 0.05) is 25.7 Å². The molecule has 0 aromatic carbocycles. The Labute approximate surface area is 522 Å². The Bertz CT molecular complexity index is 1790. The monoisotopic (exact) mass is 1260 g/mol. The first-order valence-electron chi connectivity index (χ1n) is 34.2. The number of phosphoric ester groups is 2. The fraction of sp³-hybridized carbons (Fsp3) is 0.881. The van der Waals surface area contributed by atoms with E-state index in [4.69, 9.17) is 37.0 Å². The number of allylic oxidation sites excluding steroid dienone is 4. The molecule has 0 saturated heterocycles. The number of ether oxygens (including phenoxy) is 4. The van der Waals surface area contributed by atoms with Gasteiger partial charge < -0.3 is 33.8 Å². The molecule has 0 heterocycles. The Morgan fingerprint density at radius 3 is 0.942 bits per heavy atom. The van der Waals surface area contributed by atoms with E-state index in [2.05, 4.69) is 72.8 Å². The summed E-state index contributed by atoms with van der Waals surface area (Å²) in [5.74, 6) is -0.0630. The second-order valence-electron chi connectivity index (χ2n) is 25.0. The van der Waals surface area contributed by atoms with Crippen LogP contribution in [0.25, 0.3) is 0 Å². The fourth-order valence-corrected chi connectivity index (χ4v) is 11.0. The third-order valence-electron chi connectivity index (χ3n) is 14.8. The predicted molar refractivity (Wildman–Crippen MR) is 344 cm³/mol. The highest BCUT2D eigenvalue weighted by atomic mass is 31.2. The molecule has 0 spiro atoms. The van der Waals surface area contributed by atoms with Crippen molar-refractivity contribution >= 4 is 39.5 Å². The van der Waals surface area contributed by atoms with Gasteiger partial charge in [0.2, 0.25) is 0 Å². The van der Waals surface area contributed by atoms with Gasteiger partial charge in [-0.25, -0.2) is 9.13 Å². The van der Waals surface area contributed by atoms with E-state index in [9.17, 15) is 43.2 Å². The number of hydrogen-bond donors (Lipinski definition) is 3. The predicted octanol–water partition coefficient (Wildman–Crippen LogP) is 18.2. The van der Waals surface area contributed by atoms with Crippen LogP contribution in [0.1, 0.15) is 305 Å². The summed E-state index contributed by atoms with van der Waals surface area (Å²) in [6.45, 7) is 11.6. The van der Waals surface area contributed by atoms with Gasteiger partial charge in [0.05, 0.1) is 26.4 Å². The van der Waals surface area contributed by atoms with Gasteiger partial charge in [-0.15, -0.1) is 0 Å². The Balaban J connectivity index is 5.27. The average Bonchev–Trinajstić information content (AvgIpc) is 3.64. The SMILES string of the molecule is CCCCCC/C=C\C=C/CCCCCCCC(=O)OC[C@H](COP(=O)(O)OCC(O)COP(=O)(O)OC[C@@H](COC(=O)CCCCCCCCCC(C)C)OC(=O)CCCCCCCCC(C)C)OC(=O)CCCCCCCCCCCC(C)C. The maximum atomic E-state index is 13.0. The largest absolute Gasteiger partial charge is 0.472 e. The summed E-state index contributed by atoms with van der Waals surface area (Å²) in [7, 11) is -9.90. The highest BCUT2D eigenvalue weighted by Gasteiger charge is 2.30. The van der Waals surface area contributed by atoms with E-state index in [1.165, 1.54) is 89.9 Å². The molecule has 0 aliphatic rings. The minimum absolute atomic E-state index is 0.0977. The normalized spacial score (nSPS) is 14.5. The van der Waals surface area contributed by atoms with Crippen molar-refractivity contribution < 1.29 is 80.2 Å². The Morgan fingerprint density at radius 1 is 0.360 bits per heavy atom. The fourth-order valence-electron chi connectivity index (χ4n) is 9.47. The van der Waals surface area contributed by atoms with Crippen molar-refractivity contribution in [3.05, 3.63) is 24.3 Å². The molecule has 3 N–H and O–H groups in total. The van der Waals surface area contributed by atoms with E-state index in [0.29, 0.717) is 37.5 Å². The zero-order chi connectivity index (χ0) is 63.8. The van der Waals surface area contributed by atoms with Crippen LogP contribution in [0, 0.1) is 17.8 Å². The van der Waals surface area contributed by atoms with Crippen LogP contribution in [0.5, 0.6) is 0 Å². The zero-order valence-corrected chi connectivity index (χ0v) is 57.0. The van der Waals surface area contributed by atoms with Crippen molar-refractivity contribution in [2.75, 3.05) is 39.6 Å². The molecule has 0 aliphatic carbocycles. The number of carbonyl (C=O) groups is 4. The van der Waals surface area contributed by atoms with Crippen LogP contribution in [-0.2, 0) is 65.4 Å². The number of esters is 4. The lowest BCUT2D eigenvalue weighted by atomic mass is 10.0. The van der Waals surface area contributed by atoms with Crippen LogP contribution in [0.4, 0.5) is 0 Å². The minimum Gasteiger partial charge on any atom is -0.462 e. The lowest BCUT2D eigenvalue weighted by Crippen LogP contribution is -2.30. The van der Waals surface area contributed by atoms with Gasteiger partial charge in [-0.3, -0.25) is 37.3 Å². The van der Waals surface area contributed by atoms with Crippen LogP contribution < -0.4 is 0 Å². The summed E-state index contributed by atoms with van der Waals surface area (Å²) < 4.78 is 68.0. The molecule has 86 heavy (non-hydrogen) atoms. The molecule has 0 bridgehead atoms. The van der Waals surface area contributed by atoms with Gasteiger partial charge >= 0.3 is 39.5 Å². The van der Waals surface area contributed by atoms with Crippen molar-refractivity contribution in [3.63, 3.8) is 0 Å². The van der Waals surface area contributed by atoms with E-state index >= 15 is 0 Å². The van der Waals surface area contributed by atoms with Gasteiger partial charge in [-0.05, 0) is 69.1 Å². The standard InChI is InChI=1S/C67H126O17P2/c1-8-9-10-11-12-13-14-15-16-17-18-21-26-34-41-48-64(69)77-54-62(83-66(71)50-43-36-27-22-19-20-24-31-38-45-58(2)3)56-81-85(73,74)79-52-61(68)53-80-86(75,76)82-57-63(84-67(72)51-44-37-30-29-33-40-47-60(6)7)55-78-65(70)49-42-35-28-23-25-32-39-46-59(4)5/h13-16,58-63,68H,8-12,17-57H2,1-7H3,(H,73,74)(H,75,76)/b14-13-,16-15-/t61?,62-,63-/m1/s1. The molecule has 0 radical (unpaired) electrons. The lowest BCUT2D eigenvalue weighted by Gasteiger charge is -2.21. The summed E-state index contributed by atoms with van der Waals surface area (Å²) in [4.78, 5) is 72.3. The van der Waals surface area contributed by atoms with Crippen LogP contribution >= 0.6 is 15.6 Å². The van der Waals surface area contributed by atoms with Gasteiger partial charge in [-0.1, -0.05) is 253 Å². The number of unbranched alkanes of at least 4 members (excludes halogenated alkanes) is 28. The van der Waals surface area contributed by atoms with Crippen LogP contribution in [0.3, 0.4) is 0 Å². The van der Waals surface area contributed by atoms with Gasteiger partial charge in [-0.2, -0.15) is 0 Å². The maximum Gasteiger partial charge on any atom is 0.472 e. The second-order valence-corrected chi connectivity index (χ2v) is 27.9. The average molecular weight is 1270 g/mol. The van der Waals surface area contributed by atoms with Gasteiger partial charge in [0.1, 0.15) is 19.3 Å². The first-order chi connectivity index (χ1) is 41.2. The van der Waals surface area contributed by atoms with Crippen molar-refractivity contribution in [3.8, 4) is 0 Å². The van der Waals surface area contributed by atoms with Gasteiger partial charge in [0.25, 0.3) is 0 Å². The summed E-state index contributed by atoms with van der Waals surface area (Å²) in [6.07, 6.45) is 42.8. The quantitative estimate of drug-likeness (QED) is 0.0169. The molecule has 19 heteroatoms. The van der Waals surface area contributed by atoms with Crippen LogP contribution in [0.15, 0.2) is 24.3 Å². The summed E-state index contributed by atoms with van der Waals surface area (Å²) >= 11 is 0. The van der Waals surface area contributed by atoms with Crippen molar-refractivity contribution in [1.29, 1.82) is 0 Å². The second kappa shape index (κ2) is 57.7. The van der Waals surface area contributed by atoms with E-state index in [1.54, 1.807) is 0 Å². The molecule has 0 aliphatic heterocycles. The van der Waals surface area contributed by atoms with Crippen molar-refractivity contribution in [2.45, 2.75) is 324 Å². The number of phosphoric acid groups is 2. The van der Waals surface area contributed by atoms with Gasteiger partial charge in [0.15, 0.2) is 12.2 Å². The number of aliphatic hydroxyl groups excluding tert-OH is 1. The van der Waals surface area contributed by atoms with Crippen molar-refractivity contribution in [2.24, 2.45) is 17.8 Å². The molecule has 0 amide bonds. The Hall–Kier alpha value is -2.46. The number of carbonyl (C=O) groups excluding carboxylic acids is 4. The summed E-state index contributed by atoms with van der Waals surface area (Å²) in [5, 5.41) is 10.5. The molecule has 0 fully saturated rings. The first-order valence-corrected chi connectivity index (χ1v) is 37.2. The molecule has 0 rings (SSSR count). The molecule has 0 aromatic heterocycles. The minimum atomic E-state index is -4.96. The molecular weight excluding hydrogens is 1140 g/mol. The van der Waals surface area contributed by atoms with Crippen LogP contribution in [0.2, 0.25) is 0 Å². The van der Waals surface area contributed by atoms with E-state index < -0.39 is 97.5 Å². The molecule has 0 saturated carbocycles. The maximum absolute atomic E-state index is 13.0. The number of rotatable bonds is 63. The van der Waals surface area contributed by atoms with E-state index in [1.807, 2.05) is 0 Å². The molecular formula is C67H126O17P2. The third-order valence-corrected chi connectivity index (χ3v) is 16.7. The van der Waals surface area contributed by atoms with E-state index in [0.717, 1.165) is 121 Å². The molecule has 5 atom stereocenters. The third kappa shape index (κ3) is 60.5. The lowest BCUT2D eigenvalue weighted by molar-refractivity contribution is -0.161. The van der Waals surface area contributed by atoms with Crippen molar-refractivity contribution in [1.82, 2.24) is 0 Å². The smallest absolute Gasteiger partial charge is 0.462 e. The zero-order valence-electron chi connectivity index (χ0n) is 55.3. The van der Waals surface area contributed by atoms with Crippen LogP contribution in [-0.4, -0.2) is 96.7 Å². The first kappa shape index (κ1) is 83.5. The van der Waals surface area contributed by atoms with E-state index in [-0.39, 0.29) is 25.7 Å². The Kier molecular flexibility index (Phi) is 56.0. The number of aliphatic hydroxyl groups is 1. The number of hydrogen-bond acceptors (Lipinski definition) is 15. The molecule has 3 unspecified atom stereocenters. The summed E-state index contributed by atoms with van der Waals surface area (Å²) in [6, 6.07) is 0. The molecule has 0 aromatic rings. The molecule has 17 nitrogen and oxygen atoms in total. The highest BCUT2D eigenvalue weighted by molar-refractivity contribution is 7.47.